The Bertz CT molecular complexity index is 467. The molecule has 20 heavy (non-hydrogen) atoms. The second-order valence-electron chi connectivity index (χ2n) is 6.70. The Labute approximate surface area is 131 Å². The van der Waals surface area contributed by atoms with Gasteiger partial charge in [0.15, 0.2) is 5.75 Å². The highest BCUT2D eigenvalue weighted by molar-refractivity contribution is 6.37. The van der Waals surface area contributed by atoms with Crippen molar-refractivity contribution < 1.29 is 9.90 Å². The number of halogens is 2. The molecular formula is C16H22Cl2O2. The van der Waals surface area contributed by atoms with Crippen LogP contribution in [0.25, 0.3) is 0 Å². The molecule has 0 heterocycles. The van der Waals surface area contributed by atoms with Crippen molar-refractivity contribution in [2.24, 2.45) is 11.3 Å². The highest BCUT2D eigenvalue weighted by atomic mass is 35.5. The minimum Gasteiger partial charge on any atom is -0.505 e. The standard InChI is InChI=1S/C16H22Cl2O2/c1-10(9-16(2,3)4)5-12(19)6-11-7-13(17)15(20)14(18)8-11/h7-8,10,20H,5-6,9H2,1-4H3. The quantitative estimate of drug-likeness (QED) is 0.803. The average molecular weight is 317 g/mol. The van der Waals surface area contributed by atoms with Crippen molar-refractivity contribution in [2.75, 3.05) is 0 Å². The van der Waals surface area contributed by atoms with Gasteiger partial charge < -0.3 is 5.11 Å². The first-order chi connectivity index (χ1) is 9.08. The summed E-state index contributed by atoms with van der Waals surface area (Å²) in [6.07, 6.45) is 1.86. The first kappa shape index (κ1) is 17.3. The van der Waals surface area contributed by atoms with Gasteiger partial charge in [-0.05, 0) is 35.4 Å². The van der Waals surface area contributed by atoms with E-state index < -0.39 is 0 Å². The zero-order valence-electron chi connectivity index (χ0n) is 12.5. The van der Waals surface area contributed by atoms with Crippen LogP contribution in [0.15, 0.2) is 12.1 Å². The van der Waals surface area contributed by atoms with Crippen molar-refractivity contribution in [1.82, 2.24) is 0 Å². The van der Waals surface area contributed by atoms with Crippen molar-refractivity contribution in [3.8, 4) is 5.75 Å². The fourth-order valence-corrected chi connectivity index (χ4v) is 3.06. The molecule has 0 aliphatic carbocycles. The SMILES string of the molecule is CC(CC(=O)Cc1cc(Cl)c(O)c(Cl)c1)CC(C)(C)C. The van der Waals surface area contributed by atoms with Gasteiger partial charge in [0, 0.05) is 12.8 Å². The molecule has 112 valence electrons. The summed E-state index contributed by atoms with van der Waals surface area (Å²) in [5.41, 5.74) is 0.968. The molecule has 0 radical (unpaired) electrons. The van der Waals surface area contributed by atoms with Gasteiger partial charge in [-0.1, -0.05) is 50.9 Å². The number of hydrogen-bond acceptors (Lipinski definition) is 2. The van der Waals surface area contributed by atoms with E-state index >= 15 is 0 Å². The fraction of sp³-hybridized carbons (Fsp3) is 0.562. The molecule has 1 unspecified atom stereocenters. The summed E-state index contributed by atoms with van der Waals surface area (Å²) in [6.45, 7) is 8.62. The predicted molar refractivity (Wildman–Crippen MR) is 84.7 cm³/mol. The van der Waals surface area contributed by atoms with E-state index in [-0.39, 0.29) is 27.0 Å². The second-order valence-corrected chi connectivity index (χ2v) is 7.51. The van der Waals surface area contributed by atoms with Crippen LogP contribution in [0.1, 0.15) is 46.1 Å². The molecule has 1 aromatic carbocycles. The summed E-state index contributed by atoms with van der Waals surface area (Å²) in [6, 6.07) is 3.18. The molecule has 0 aliphatic rings. The number of carbonyl (C=O) groups is 1. The number of benzene rings is 1. The Morgan fingerprint density at radius 2 is 1.75 bits per heavy atom. The zero-order chi connectivity index (χ0) is 15.5. The Morgan fingerprint density at radius 3 is 2.20 bits per heavy atom. The third kappa shape index (κ3) is 5.72. The van der Waals surface area contributed by atoms with E-state index in [1.165, 1.54) is 0 Å². The molecular weight excluding hydrogens is 295 g/mol. The lowest BCUT2D eigenvalue weighted by Gasteiger charge is -2.22. The molecule has 0 saturated carbocycles. The number of hydrogen-bond donors (Lipinski definition) is 1. The van der Waals surface area contributed by atoms with Gasteiger partial charge in [0.25, 0.3) is 0 Å². The average Bonchev–Trinajstić information content (AvgIpc) is 2.22. The molecule has 1 rings (SSSR count). The smallest absolute Gasteiger partial charge is 0.152 e. The summed E-state index contributed by atoms with van der Waals surface area (Å²) < 4.78 is 0. The van der Waals surface area contributed by atoms with Gasteiger partial charge in [0.1, 0.15) is 5.78 Å². The van der Waals surface area contributed by atoms with Crippen LogP contribution in [0.4, 0.5) is 0 Å². The number of phenolic OH excluding ortho intramolecular Hbond substituents is 1. The van der Waals surface area contributed by atoms with Crippen molar-refractivity contribution in [3.63, 3.8) is 0 Å². The van der Waals surface area contributed by atoms with Crippen LogP contribution < -0.4 is 0 Å². The third-order valence-electron chi connectivity index (χ3n) is 3.01. The van der Waals surface area contributed by atoms with Crippen molar-refractivity contribution >= 4 is 29.0 Å². The molecule has 1 aromatic rings. The second kappa shape index (κ2) is 6.82. The van der Waals surface area contributed by atoms with Crippen LogP contribution in [0.2, 0.25) is 10.0 Å². The molecule has 4 heteroatoms. The van der Waals surface area contributed by atoms with Crippen molar-refractivity contribution in [1.29, 1.82) is 0 Å². The van der Waals surface area contributed by atoms with Crippen LogP contribution in [0.3, 0.4) is 0 Å². The number of ketones is 1. The van der Waals surface area contributed by atoms with Crippen molar-refractivity contribution in [2.45, 2.75) is 47.0 Å². The van der Waals surface area contributed by atoms with Gasteiger partial charge in [-0.25, -0.2) is 0 Å². The number of phenols is 1. The molecule has 1 atom stereocenters. The Morgan fingerprint density at radius 1 is 1.25 bits per heavy atom. The van der Waals surface area contributed by atoms with E-state index in [9.17, 15) is 9.90 Å². The van der Waals surface area contributed by atoms with Gasteiger partial charge in [0.05, 0.1) is 10.0 Å². The van der Waals surface area contributed by atoms with Gasteiger partial charge in [0.2, 0.25) is 0 Å². The molecule has 0 spiro atoms. The minimum absolute atomic E-state index is 0.134. The summed E-state index contributed by atoms with van der Waals surface area (Å²) >= 11 is 11.7. The van der Waals surface area contributed by atoms with Crippen LogP contribution in [-0.4, -0.2) is 10.9 Å². The van der Waals surface area contributed by atoms with Gasteiger partial charge >= 0.3 is 0 Å². The van der Waals surface area contributed by atoms with E-state index in [4.69, 9.17) is 23.2 Å². The van der Waals surface area contributed by atoms with Crippen molar-refractivity contribution in [3.05, 3.63) is 27.7 Å². The van der Waals surface area contributed by atoms with Crippen LogP contribution in [0.5, 0.6) is 5.75 Å². The van der Waals surface area contributed by atoms with Crippen LogP contribution >= 0.6 is 23.2 Å². The van der Waals surface area contributed by atoms with Gasteiger partial charge in [-0.15, -0.1) is 0 Å². The van der Waals surface area contributed by atoms with Gasteiger partial charge in [-0.3, -0.25) is 4.79 Å². The predicted octanol–water partition coefficient (Wildman–Crippen LogP) is 5.27. The molecule has 0 bridgehead atoms. The summed E-state index contributed by atoms with van der Waals surface area (Å²) in [4.78, 5) is 12.1. The van der Waals surface area contributed by atoms with E-state index in [1.54, 1.807) is 12.1 Å². The third-order valence-corrected chi connectivity index (χ3v) is 3.59. The van der Waals surface area contributed by atoms with Crippen LogP contribution in [-0.2, 0) is 11.2 Å². The fourth-order valence-electron chi connectivity index (χ4n) is 2.53. The number of Topliss-reactive ketones (excluding diaryl/α,β-unsaturated/α-hetero) is 1. The largest absolute Gasteiger partial charge is 0.505 e. The van der Waals surface area contributed by atoms with E-state index in [0.29, 0.717) is 18.8 Å². The Kier molecular flexibility index (Phi) is 5.91. The first-order valence-electron chi connectivity index (χ1n) is 6.77. The van der Waals surface area contributed by atoms with E-state index in [0.717, 1.165) is 12.0 Å². The number of carbonyl (C=O) groups excluding carboxylic acids is 1. The lowest BCUT2D eigenvalue weighted by molar-refractivity contribution is -0.119. The topological polar surface area (TPSA) is 37.3 Å². The maximum atomic E-state index is 12.1. The first-order valence-corrected chi connectivity index (χ1v) is 7.52. The molecule has 1 N–H and O–H groups in total. The molecule has 0 amide bonds. The molecule has 0 saturated heterocycles. The Hall–Kier alpha value is -0.730. The highest BCUT2D eigenvalue weighted by Gasteiger charge is 2.18. The summed E-state index contributed by atoms with van der Waals surface area (Å²) in [7, 11) is 0. The summed E-state index contributed by atoms with van der Waals surface area (Å²) in [5, 5.41) is 9.86. The number of aromatic hydroxyl groups is 1. The summed E-state index contributed by atoms with van der Waals surface area (Å²) in [5.74, 6) is 0.385. The molecule has 0 aliphatic heterocycles. The Balaban J connectivity index is 2.63. The van der Waals surface area contributed by atoms with Crippen LogP contribution in [0, 0.1) is 11.3 Å². The lowest BCUT2D eigenvalue weighted by atomic mass is 9.83. The maximum Gasteiger partial charge on any atom is 0.152 e. The minimum atomic E-state index is -0.134. The monoisotopic (exact) mass is 316 g/mol. The maximum absolute atomic E-state index is 12.1. The van der Waals surface area contributed by atoms with Gasteiger partial charge in [-0.2, -0.15) is 0 Å². The van der Waals surface area contributed by atoms with E-state index in [1.807, 2.05) is 0 Å². The zero-order valence-corrected chi connectivity index (χ0v) is 14.0. The van der Waals surface area contributed by atoms with E-state index in [2.05, 4.69) is 27.7 Å². The highest BCUT2D eigenvalue weighted by Crippen LogP contribution is 2.33. The molecule has 2 nitrogen and oxygen atoms in total. The number of rotatable bonds is 5. The molecule has 0 fully saturated rings. The normalized spacial score (nSPS) is 13.3. The lowest BCUT2D eigenvalue weighted by Crippen LogP contribution is -2.15. The molecule has 0 aromatic heterocycles.